The Hall–Kier alpha value is -1.63. The molecule has 0 radical (unpaired) electrons. The highest BCUT2D eigenvalue weighted by Crippen LogP contribution is 2.20. The number of amides is 2. The van der Waals surface area contributed by atoms with Crippen molar-refractivity contribution >= 4 is 46.9 Å². The molecule has 4 nitrogen and oxygen atoms in total. The number of hydrogen-bond acceptors (Lipinski definition) is 4. The maximum absolute atomic E-state index is 12.0. The Labute approximate surface area is 161 Å². The van der Waals surface area contributed by atoms with Crippen LogP contribution in [0.25, 0.3) is 0 Å². The third kappa shape index (κ3) is 7.42. The summed E-state index contributed by atoms with van der Waals surface area (Å²) in [5, 5.41) is 0.396. The van der Waals surface area contributed by atoms with Gasteiger partial charge >= 0.3 is 0 Å². The molecular weight excluding hydrogens is 376 g/mol. The molecule has 2 aromatic rings. The number of halogens is 1. The van der Waals surface area contributed by atoms with E-state index in [9.17, 15) is 9.59 Å². The third-order valence-electron chi connectivity index (χ3n) is 3.22. The van der Waals surface area contributed by atoms with E-state index >= 15 is 0 Å². The molecule has 7 heteroatoms. The minimum absolute atomic E-state index is 0.216. The summed E-state index contributed by atoms with van der Waals surface area (Å²) < 4.78 is 0. The molecule has 2 N–H and O–H groups in total. The number of carbonyl (C=O) groups is 2. The fraction of sp³-hybridized carbons (Fsp3) is 0.222. The molecule has 25 heavy (non-hydrogen) atoms. The maximum atomic E-state index is 12.0. The second-order valence-electron chi connectivity index (χ2n) is 5.22. The van der Waals surface area contributed by atoms with Gasteiger partial charge in [0, 0.05) is 15.7 Å². The molecule has 0 saturated carbocycles. The van der Waals surface area contributed by atoms with Crippen LogP contribution in [0.5, 0.6) is 0 Å². The predicted molar refractivity (Wildman–Crippen MR) is 106 cm³/mol. The average molecular weight is 395 g/mol. The van der Waals surface area contributed by atoms with Crippen LogP contribution in [-0.4, -0.2) is 22.8 Å². The molecule has 2 aromatic carbocycles. The van der Waals surface area contributed by atoms with E-state index in [0.717, 1.165) is 16.2 Å². The van der Waals surface area contributed by atoms with E-state index in [1.165, 1.54) is 23.5 Å². The summed E-state index contributed by atoms with van der Waals surface area (Å²) in [6.07, 6.45) is 0. The lowest BCUT2D eigenvalue weighted by Gasteiger charge is -2.12. The lowest BCUT2D eigenvalue weighted by molar-refractivity contribution is -0.127. The number of nitrogens with one attached hydrogen (secondary N) is 2. The Morgan fingerprint density at radius 2 is 1.72 bits per heavy atom. The minimum Gasteiger partial charge on any atom is -0.272 e. The Morgan fingerprint density at radius 3 is 2.40 bits per heavy atom. The van der Waals surface area contributed by atoms with Crippen LogP contribution in [0, 0.1) is 0 Å². The molecule has 0 saturated heterocycles. The Bertz CT molecular complexity index is 696. The second-order valence-corrected chi connectivity index (χ2v) is 8.03. The van der Waals surface area contributed by atoms with Gasteiger partial charge in [0.15, 0.2) is 0 Å². The predicted octanol–water partition coefficient (Wildman–Crippen LogP) is 3.90. The molecule has 132 valence electrons. The number of hydrazine groups is 1. The van der Waals surface area contributed by atoms with Gasteiger partial charge in [-0.2, -0.15) is 0 Å². The van der Waals surface area contributed by atoms with Crippen LogP contribution in [-0.2, 0) is 15.3 Å². The highest BCUT2D eigenvalue weighted by atomic mass is 35.5. The van der Waals surface area contributed by atoms with Gasteiger partial charge in [-0.15, -0.1) is 23.5 Å². The molecule has 1 atom stereocenters. The first-order valence-electron chi connectivity index (χ1n) is 7.67. The molecule has 2 rings (SSSR count). The quantitative estimate of drug-likeness (QED) is 0.552. The van der Waals surface area contributed by atoms with Crippen molar-refractivity contribution in [2.24, 2.45) is 0 Å². The van der Waals surface area contributed by atoms with E-state index in [-0.39, 0.29) is 22.8 Å². The fourth-order valence-electron chi connectivity index (χ4n) is 1.82. The molecule has 0 heterocycles. The summed E-state index contributed by atoms with van der Waals surface area (Å²) in [4.78, 5) is 24.8. The van der Waals surface area contributed by atoms with Crippen LogP contribution in [0.2, 0.25) is 5.02 Å². The highest BCUT2D eigenvalue weighted by Gasteiger charge is 2.14. The minimum atomic E-state index is -0.260. The van der Waals surface area contributed by atoms with Crippen LogP contribution in [0.3, 0.4) is 0 Å². The molecule has 0 spiro atoms. The van der Waals surface area contributed by atoms with Crippen LogP contribution in [0.4, 0.5) is 0 Å². The fourth-order valence-corrected chi connectivity index (χ4v) is 3.49. The number of thioether (sulfide) groups is 2. The first-order valence-corrected chi connectivity index (χ1v) is 10.1. The summed E-state index contributed by atoms with van der Waals surface area (Å²) in [5.41, 5.74) is 6.08. The van der Waals surface area contributed by atoms with Crippen molar-refractivity contribution in [3.05, 3.63) is 65.2 Å². The molecule has 0 aliphatic heterocycles. The zero-order valence-corrected chi connectivity index (χ0v) is 16.1. The zero-order chi connectivity index (χ0) is 18.1. The summed E-state index contributed by atoms with van der Waals surface area (Å²) >= 11 is 8.71. The third-order valence-corrected chi connectivity index (χ3v) is 5.70. The van der Waals surface area contributed by atoms with Gasteiger partial charge in [0.05, 0.1) is 11.0 Å². The molecular formula is C18H19ClN2O2S2. The van der Waals surface area contributed by atoms with Crippen molar-refractivity contribution < 1.29 is 9.59 Å². The lowest BCUT2D eigenvalue weighted by Crippen LogP contribution is -2.45. The molecule has 2 amide bonds. The molecule has 0 aliphatic rings. The van der Waals surface area contributed by atoms with Crippen molar-refractivity contribution in [2.45, 2.75) is 22.8 Å². The van der Waals surface area contributed by atoms with Gasteiger partial charge in [0.1, 0.15) is 0 Å². The molecule has 0 aliphatic carbocycles. The van der Waals surface area contributed by atoms with Gasteiger partial charge in [0.2, 0.25) is 5.91 Å². The standard InChI is InChI=1S/C18H19ClN2O2S2/c1-13(24-11-14-5-3-2-4-6-14)18(23)21-20-17(22)12-25-16-9-7-15(19)8-10-16/h2-10,13H,11-12H2,1H3,(H,20,22)(H,21,23). The van der Waals surface area contributed by atoms with Crippen LogP contribution >= 0.6 is 35.1 Å². The van der Waals surface area contributed by atoms with Crippen LogP contribution in [0.1, 0.15) is 12.5 Å². The summed E-state index contributed by atoms with van der Waals surface area (Å²) in [6, 6.07) is 17.2. The van der Waals surface area contributed by atoms with Gasteiger partial charge in [0.25, 0.3) is 5.91 Å². The van der Waals surface area contributed by atoms with E-state index in [1.807, 2.05) is 49.4 Å². The normalized spacial score (nSPS) is 11.6. The molecule has 0 bridgehead atoms. The SMILES string of the molecule is CC(SCc1ccccc1)C(=O)NNC(=O)CSc1ccc(Cl)cc1. The van der Waals surface area contributed by atoms with Gasteiger partial charge < -0.3 is 0 Å². The topological polar surface area (TPSA) is 58.2 Å². The van der Waals surface area contributed by atoms with Crippen LogP contribution < -0.4 is 10.9 Å². The number of rotatable bonds is 7. The van der Waals surface area contributed by atoms with Gasteiger partial charge in [-0.3, -0.25) is 20.4 Å². The number of benzene rings is 2. The first kappa shape index (κ1) is 19.7. The average Bonchev–Trinajstić information content (AvgIpc) is 2.64. The largest absolute Gasteiger partial charge is 0.272 e. The molecule has 0 aromatic heterocycles. The van der Waals surface area contributed by atoms with E-state index in [0.29, 0.717) is 5.02 Å². The van der Waals surface area contributed by atoms with E-state index in [2.05, 4.69) is 10.9 Å². The van der Waals surface area contributed by atoms with Crippen molar-refractivity contribution in [3.8, 4) is 0 Å². The monoisotopic (exact) mass is 394 g/mol. The van der Waals surface area contributed by atoms with Crippen molar-refractivity contribution in [1.29, 1.82) is 0 Å². The first-order chi connectivity index (χ1) is 12.0. The number of hydrogen-bond donors (Lipinski definition) is 2. The summed E-state index contributed by atoms with van der Waals surface area (Å²) in [7, 11) is 0. The summed E-state index contributed by atoms with van der Waals surface area (Å²) in [5.74, 6) is 0.489. The van der Waals surface area contributed by atoms with E-state index in [4.69, 9.17) is 11.6 Å². The van der Waals surface area contributed by atoms with Crippen molar-refractivity contribution in [2.75, 3.05) is 5.75 Å². The second kappa shape index (κ2) is 10.4. The van der Waals surface area contributed by atoms with Gasteiger partial charge in [-0.05, 0) is 36.8 Å². The van der Waals surface area contributed by atoms with E-state index < -0.39 is 0 Å². The Morgan fingerprint density at radius 1 is 1.04 bits per heavy atom. The van der Waals surface area contributed by atoms with Crippen molar-refractivity contribution in [1.82, 2.24) is 10.9 Å². The Balaban J connectivity index is 1.66. The van der Waals surface area contributed by atoms with E-state index in [1.54, 1.807) is 12.1 Å². The number of carbonyl (C=O) groups excluding carboxylic acids is 2. The van der Waals surface area contributed by atoms with Crippen LogP contribution in [0.15, 0.2) is 59.5 Å². The Kier molecular flexibility index (Phi) is 8.18. The zero-order valence-electron chi connectivity index (χ0n) is 13.7. The smallest absolute Gasteiger partial charge is 0.251 e. The maximum Gasteiger partial charge on any atom is 0.251 e. The lowest BCUT2D eigenvalue weighted by atomic mass is 10.2. The highest BCUT2D eigenvalue weighted by molar-refractivity contribution is 8.00. The van der Waals surface area contributed by atoms with Gasteiger partial charge in [-0.25, -0.2) is 0 Å². The molecule has 1 unspecified atom stereocenters. The van der Waals surface area contributed by atoms with Gasteiger partial charge in [-0.1, -0.05) is 41.9 Å². The molecule has 0 fully saturated rings. The van der Waals surface area contributed by atoms with Crippen molar-refractivity contribution in [3.63, 3.8) is 0 Å². The summed E-state index contributed by atoms with van der Waals surface area (Å²) in [6.45, 7) is 1.82.